The Hall–Kier alpha value is -1.10. The van der Waals surface area contributed by atoms with Gasteiger partial charge in [-0.3, -0.25) is 4.79 Å². The van der Waals surface area contributed by atoms with E-state index in [0.29, 0.717) is 13.0 Å². The first kappa shape index (κ1) is 9.98. The second kappa shape index (κ2) is 3.33. The lowest BCUT2D eigenvalue weighted by molar-refractivity contribution is -0.157. The van der Waals surface area contributed by atoms with Gasteiger partial charge < -0.3 is 15.1 Å². The molecule has 1 unspecified atom stereocenters. The molecule has 0 saturated carbocycles. The van der Waals surface area contributed by atoms with Crippen molar-refractivity contribution in [1.29, 1.82) is 0 Å². The van der Waals surface area contributed by atoms with Crippen LogP contribution in [0.25, 0.3) is 0 Å². The van der Waals surface area contributed by atoms with Crippen LogP contribution in [0.1, 0.15) is 19.8 Å². The summed E-state index contributed by atoms with van der Waals surface area (Å²) in [6, 6.07) is 0. The van der Waals surface area contributed by atoms with Crippen molar-refractivity contribution in [2.45, 2.75) is 25.4 Å². The first-order chi connectivity index (χ1) is 5.99. The van der Waals surface area contributed by atoms with Crippen LogP contribution in [0.3, 0.4) is 0 Å². The maximum atomic E-state index is 11.1. The number of amides is 1. The van der Waals surface area contributed by atoms with Crippen LogP contribution < -0.4 is 0 Å². The fraction of sp³-hybridized carbons (Fsp3) is 0.750. The molecule has 5 nitrogen and oxygen atoms in total. The summed E-state index contributed by atoms with van der Waals surface area (Å²) >= 11 is 0. The summed E-state index contributed by atoms with van der Waals surface area (Å²) in [5.41, 5.74) is -1.73. The molecule has 0 aromatic rings. The van der Waals surface area contributed by atoms with E-state index in [0.717, 1.165) is 0 Å². The molecular weight excluding hydrogens is 174 g/mol. The van der Waals surface area contributed by atoms with Gasteiger partial charge in [-0.05, 0) is 0 Å². The van der Waals surface area contributed by atoms with Crippen molar-refractivity contribution in [2.75, 3.05) is 13.1 Å². The van der Waals surface area contributed by atoms with Gasteiger partial charge in [0.25, 0.3) is 0 Å². The van der Waals surface area contributed by atoms with Crippen LogP contribution in [-0.2, 0) is 9.59 Å². The van der Waals surface area contributed by atoms with Crippen LogP contribution in [0.5, 0.6) is 0 Å². The molecule has 1 aliphatic heterocycles. The summed E-state index contributed by atoms with van der Waals surface area (Å²) in [6.07, 6.45) is 0.462. The number of carbonyl (C=O) groups excluding carboxylic acids is 1. The predicted octanol–water partition coefficient (Wildman–Crippen LogP) is -0.556. The number of carbonyl (C=O) groups is 2. The van der Waals surface area contributed by atoms with Crippen molar-refractivity contribution in [3.05, 3.63) is 0 Å². The number of hydrogen-bond acceptors (Lipinski definition) is 3. The molecule has 1 saturated heterocycles. The van der Waals surface area contributed by atoms with Crippen molar-refractivity contribution in [3.63, 3.8) is 0 Å². The summed E-state index contributed by atoms with van der Waals surface area (Å²) in [7, 11) is 0. The Kier molecular flexibility index (Phi) is 2.56. The van der Waals surface area contributed by atoms with E-state index in [4.69, 9.17) is 5.11 Å². The monoisotopic (exact) mass is 187 g/mol. The smallest absolute Gasteiger partial charge is 0.337 e. The zero-order valence-electron chi connectivity index (χ0n) is 7.49. The first-order valence-corrected chi connectivity index (χ1v) is 4.23. The molecule has 1 atom stereocenters. The van der Waals surface area contributed by atoms with Crippen molar-refractivity contribution in [2.24, 2.45) is 0 Å². The van der Waals surface area contributed by atoms with E-state index in [9.17, 15) is 14.7 Å². The number of nitrogens with zero attached hydrogens (tertiary/aromatic N) is 1. The van der Waals surface area contributed by atoms with Crippen LogP contribution in [0, 0.1) is 0 Å². The Balaban J connectivity index is 2.63. The highest BCUT2D eigenvalue weighted by atomic mass is 16.4. The molecule has 13 heavy (non-hydrogen) atoms. The van der Waals surface area contributed by atoms with Crippen LogP contribution in [0.4, 0.5) is 0 Å². The highest BCUT2D eigenvalue weighted by molar-refractivity contribution is 5.82. The molecule has 0 aromatic carbocycles. The third-order valence-corrected chi connectivity index (χ3v) is 2.30. The van der Waals surface area contributed by atoms with E-state index in [2.05, 4.69) is 0 Å². The molecule has 0 bridgehead atoms. The number of β-amino-alcohol motifs (C(OH)–C–C–N with tert-alkyl or cyclic N) is 1. The Morgan fingerprint density at radius 3 is 2.54 bits per heavy atom. The molecule has 0 spiro atoms. The number of likely N-dealkylation sites (tertiary alicyclic amines) is 1. The van der Waals surface area contributed by atoms with E-state index in [1.54, 1.807) is 6.92 Å². The second-order valence-electron chi connectivity index (χ2n) is 3.26. The van der Waals surface area contributed by atoms with Gasteiger partial charge in [-0.25, -0.2) is 4.79 Å². The average molecular weight is 187 g/mol. The largest absolute Gasteiger partial charge is 0.479 e. The van der Waals surface area contributed by atoms with Crippen molar-refractivity contribution in [1.82, 2.24) is 4.90 Å². The Morgan fingerprint density at radius 1 is 1.54 bits per heavy atom. The number of rotatable bonds is 2. The minimum atomic E-state index is -1.73. The van der Waals surface area contributed by atoms with Gasteiger partial charge in [-0.15, -0.1) is 0 Å². The standard InChI is InChI=1S/C8H13NO4/c1-2-6(10)9-4-3-8(13,5-9)7(11)12/h13H,2-5H2,1H3,(H,11,12). The fourth-order valence-electron chi connectivity index (χ4n) is 1.40. The van der Waals surface area contributed by atoms with Gasteiger partial charge in [0.15, 0.2) is 5.60 Å². The van der Waals surface area contributed by atoms with Crippen molar-refractivity contribution < 1.29 is 19.8 Å². The number of carboxylic acids is 1. The summed E-state index contributed by atoms with van der Waals surface area (Å²) in [4.78, 5) is 23.1. The van der Waals surface area contributed by atoms with Crippen LogP contribution in [0.2, 0.25) is 0 Å². The number of hydrogen-bond donors (Lipinski definition) is 2. The fourth-order valence-corrected chi connectivity index (χ4v) is 1.40. The zero-order chi connectivity index (χ0) is 10.1. The van der Waals surface area contributed by atoms with Gasteiger partial charge in [-0.2, -0.15) is 0 Å². The quantitative estimate of drug-likeness (QED) is 0.607. The summed E-state index contributed by atoms with van der Waals surface area (Å²) in [5.74, 6) is -1.36. The molecule has 1 aliphatic rings. The number of carboxylic acid groups (broad SMARTS) is 1. The first-order valence-electron chi connectivity index (χ1n) is 4.23. The molecule has 0 aliphatic carbocycles. The minimum Gasteiger partial charge on any atom is -0.479 e. The highest BCUT2D eigenvalue weighted by Gasteiger charge is 2.44. The van der Waals surface area contributed by atoms with Crippen molar-refractivity contribution >= 4 is 11.9 Å². The molecule has 2 N–H and O–H groups in total. The highest BCUT2D eigenvalue weighted by Crippen LogP contribution is 2.21. The van der Waals surface area contributed by atoms with Crippen LogP contribution >= 0.6 is 0 Å². The van der Waals surface area contributed by atoms with Gasteiger partial charge >= 0.3 is 5.97 Å². The van der Waals surface area contributed by atoms with Gasteiger partial charge in [-0.1, -0.05) is 6.92 Å². The number of aliphatic carboxylic acids is 1. The minimum absolute atomic E-state index is 0.0883. The van der Waals surface area contributed by atoms with Gasteiger partial charge in [0.05, 0.1) is 6.54 Å². The number of aliphatic hydroxyl groups is 1. The van der Waals surface area contributed by atoms with Gasteiger partial charge in [0.1, 0.15) is 0 Å². The normalized spacial score (nSPS) is 27.7. The molecule has 1 amide bonds. The third-order valence-electron chi connectivity index (χ3n) is 2.30. The molecule has 0 aromatic heterocycles. The Morgan fingerprint density at radius 2 is 2.15 bits per heavy atom. The summed E-state index contributed by atoms with van der Waals surface area (Å²) in [6.45, 7) is 1.95. The lowest BCUT2D eigenvalue weighted by atomic mass is 10.0. The lowest BCUT2D eigenvalue weighted by Gasteiger charge is -2.18. The predicted molar refractivity (Wildman–Crippen MR) is 44.1 cm³/mol. The van der Waals surface area contributed by atoms with E-state index in [-0.39, 0.29) is 18.9 Å². The molecule has 0 radical (unpaired) electrons. The van der Waals surface area contributed by atoms with Crippen molar-refractivity contribution in [3.8, 4) is 0 Å². The molecule has 5 heteroatoms. The third kappa shape index (κ3) is 1.80. The second-order valence-corrected chi connectivity index (χ2v) is 3.26. The topological polar surface area (TPSA) is 77.8 Å². The lowest BCUT2D eigenvalue weighted by Crippen LogP contribution is -2.42. The van der Waals surface area contributed by atoms with Gasteiger partial charge in [0, 0.05) is 19.4 Å². The summed E-state index contributed by atoms with van der Waals surface area (Å²) in [5, 5.41) is 18.1. The molecular formula is C8H13NO4. The molecule has 1 rings (SSSR count). The molecule has 1 heterocycles. The maximum Gasteiger partial charge on any atom is 0.337 e. The van der Waals surface area contributed by atoms with Crippen LogP contribution in [0.15, 0.2) is 0 Å². The van der Waals surface area contributed by atoms with E-state index >= 15 is 0 Å². The van der Waals surface area contributed by atoms with E-state index in [1.807, 2.05) is 0 Å². The Labute approximate surface area is 76.0 Å². The molecule has 1 fully saturated rings. The van der Waals surface area contributed by atoms with Gasteiger partial charge in [0.2, 0.25) is 5.91 Å². The van der Waals surface area contributed by atoms with E-state index in [1.165, 1.54) is 4.90 Å². The average Bonchev–Trinajstić information content (AvgIpc) is 2.48. The molecule has 74 valence electrons. The maximum absolute atomic E-state index is 11.1. The Bertz CT molecular complexity index is 240. The SMILES string of the molecule is CCC(=O)N1CCC(O)(C(=O)O)C1. The summed E-state index contributed by atoms with van der Waals surface area (Å²) < 4.78 is 0. The van der Waals surface area contributed by atoms with Crippen LogP contribution in [-0.4, -0.2) is 45.7 Å². The van der Waals surface area contributed by atoms with E-state index < -0.39 is 11.6 Å². The zero-order valence-corrected chi connectivity index (χ0v) is 7.49.